The van der Waals surface area contributed by atoms with Crippen molar-refractivity contribution in [2.24, 2.45) is 0 Å². The Kier molecular flexibility index (Phi) is 5.90. The van der Waals surface area contributed by atoms with Crippen LogP contribution in [0.15, 0.2) is 29.6 Å². The molecule has 5 heteroatoms. The number of carbonyl (C=O) groups is 1. The van der Waals surface area contributed by atoms with Crippen molar-refractivity contribution in [2.45, 2.75) is 26.2 Å². The van der Waals surface area contributed by atoms with Crippen molar-refractivity contribution in [3.8, 4) is 0 Å². The predicted molar refractivity (Wildman–Crippen MR) is 87.9 cm³/mol. The number of nitrogens with zero attached hydrogens (tertiary/aromatic N) is 1. The molecule has 1 amide bonds. The number of anilines is 1. The summed E-state index contributed by atoms with van der Waals surface area (Å²) in [7, 11) is 1.97. The quantitative estimate of drug-likeness (QED) is 0.827. The Morgan fingerprint density at radius 1 is 1.24 bits per heavy atom. The second-order valence-electron chi connectivity index (χ2n) is 5.00. The van der Waals surface area contributed by atoms with E-state index in [1.807, 2.05) is 12.4 Å². The van der Waals surface area contributed by atoms with Crippen LogP contribution in [0.25, 0.3) is 0 Å². The number of rotatable bonds is 7. The molecule has 0 fully saturated rings. The monoisotopic (exact) mass is 303 g/mol. The first-order chi connectivity index (χ1) is 10.2. The van der Waals surface area contributed by atoms with Crippen molar-refractivity contribution < 1.29 is 4.79 Å². The topological polar surface area (TPSA) is 54.0 Å². The van der Waals surface area contributed by atoms with Gasteiger partial charge in [0.1, 0.15) is 0 Å². The average molecular weight is 303 g/mol. The van der Waals surface area contributed by atoms with E-state index >= 15 is 0 Å². The number of hydrogen-bond acceptors (Lipinski definition) is 4. The Morgan fingerprint density at radius 3 is 2.71 bits per heavy atom. The predicted octanol–water partition coefficient (Wildman–Crippen LogP) is 2.65. The highest BCUT2D eigenvalue weighted by atomic mass is 32.1. The molecule has 2 rings (SSSR count). The van der Waals surface area contributed by atoms with E-state index in [4.69, 9.17) is 0 Å². The van der Waals surface area contributed by atoms with Gasteiger partial charge < -0.3 is 10.6 Å². The first-order valence-corrected chi connectivity index (χ1v) is 8.00. The Hall–Kier alpha value is -1.72. The maximum atomic E-state index is 11.0. The van der Waals surface area contributed by atoms with Crippen molar-refractivity contribution >= 4 is 22.4 Å². The third kappa shape index (κ3) is 5.28. The fourth-order valence-electron chi connectivity index (χ4n) is 2.11. The molecule has 0 aliphatic heterocycles. The summed E-state index contributed by atoms with van der Waals surface area (Å²) in [5.41, 5.74) is 3.72. The number of hydrogen-bond donors (Lipinski definition) is 2. The lowest BCUT2D eigenvalue weighted by Gasteiger charge is -2.04. The van der Waals surface area contributed by atoms with Gasteiger partial charge in [-0.15, -0.1) is 11.3 Å². The molecule has 1 aromatic carbocycles. The lowest BCUT2D eigenvalue weighted by molar-refractivity contribution is -0.114. The Labute approximate surface area is 129 Å². The lowest BCUT2D eigenvalue weighted by Crippen LogP contribution is -2.10. The molecule has 2 N–H and O–H groups in total. The van der Waals surface area contributed by atoms with E-state index in [1.165, 1.54) is 29.4 Å². The third-order valence-electron chi connectivity index (χ3n) is 3.16. The van der Waals surface area contributed by atoms with E-state index in [1.54, 1.807) is 0 Å². The summed E-state index contributed by atoms with van der Waals surface area (Å²) in [6.07, 6.45) is 2.91. The zero-order valence-corrected chi connectivity index (χ0v) is 13.3. The third-order valence-corrected chi connectivity index (χ3v) is 3.97. The first kappa shape index (κ1) is 15.7. The molecular weight excluding hydrogens is 282 g/mol. The normalized spacial score (nSPS) is 10.6. The first-order valence-electron chi connectivity index (χ1n) is 7.12. The summed E-state index contributed by atoms with van der Waals surface area (Å²) in [5, 5.41) is 8.58. The van der Waals surface area contributed by atoms with E-state index in [0.29, 0.717) is 5.13 Å². The molecule has 2 aromatic rings. The fraction of sp³-hybridized carbons (Fsp3) is 0.375. The van der Waals surface area contributed by atoms with Crippen molar-refractivity contribution in [3.63, 3.8) is 0 Å². The van der Waals surface area contributed by atoms with Crippen LogP contribution >= 0.6 is 11.3 Å². The molecule has 21 heavy (non-hydrogen) atoms. The molecule has 1 heterocycles. The van der Waals surface area contributed by atoms with Crippen molar-refractivity contribution in [1.82, 2.24) is 10.3 Å². The van der Waals surface area contributed by atoms with Crippen LogP contribution in [-0.2, 0) is 24.1 Å². The largest absolute Gasteiger partial charge is 0.319 e. The maximum absolute atomic E-state index is 11.0. The van der Waals surface area contributed by atoms with Crippen LogP contribution in [0.1, 0.15) is 23.7 Å². The van der Waals surface area contributed by atoms with Crippen LogP contribution < -0.4 is 10.6 Å². The van der Waals surface area contributed by atoms with Crippen LogP contribution in [0.2, 0.25) is 0 Å². The molecule has 0 atom stereocenters. The van der Waals surface area contributed by atoms with Crippen LogP contribution in [0.4, 0.5) is 5.13 Å². The Bertz CT molecular complexity index is 595. The summed E-state index contributed by atoms with van der Waals surface area (Å²) >= 11 is 1.48. The number of benzene rings is 1. The van der Waals surface area contributed by atoms with Crippen LogP contribution in [0, 0.1) is 0 Å². The summed E-state index contributed by atoms with van der Waals surface area (Å²) in [6, 6.07) is 8.70. The number of carbonyl (C=O) groups excluding carboxylic acids is 1. The highest BCUT2D eigenvalue weighted by Crippen LogP contribution is 2.17. The molecule has 1 aromatic heterocycles. The number of amides is 1. The van der Waals surface area contributed by atoms with E-state index in [2.05, 4.69) is 39.9 Å². The summed E-state index contributed by atoms with van der Waals surface area (Å²) < 4.78 is 0. The van der Waals surface area contributed by atoms with Gasteiger partial charge in [-0.25, -0.2) is 4.98 Å². The van der Waals surface area contributed by atoms with Gasteiger partial charge >= 0.3 is 0 Å². The van der Waals surface area contributed by atoms with Crippen molar-refractivity contribution in [3.05, 3.63) is 46.5 Å². The van der Waals surface area contributed by atoms with E-state index in [9.17, 15) is 4.79 Å². The second-order valence-corrected chi connectivity index (χ2v) is 5.86. The molecular formula is C16H21N3OS. The zero-order valence-electron chi connectivity index (χ0n) is 12.5. The highest BCUT2D eigenvalue weighted by Gasteiger charge is 2.04. The number of aryl methyl sites for hydroxylation is 2. The van der Waals surface area contributed by atoms with E-state index < -0.39 is 0 Å². The standard InChI is InChI=1S/C16H21N3OS/c1-12(20)18-16-19-15(11-21-16)7-6-13-4-3-5-14(10-13)8-9-17-2/h3-5,10-11,17H,6-9H2,1-2H3,(H,18,19,20). The van der Waals surface area contributed by atoms with Gasteiger partial charge in [-0.3, -0.25) is 4.79 Å². The summed E-state index contributed by atoms with van der Waals surface area (Å²) in [6.45, 7) is 2.49. The molecule has 0 aliphatic rings. The van der Waals surface area contributed by atoms with Gasteiger partial charge in [-0.05, 0) is 44.0 Å². The van der Waals surface area contributed by atoms with Gasteiger partial charge in [0, 0.05) is 12.3 Å². The number of aromatic nitrogens is 1. The van der Waals surface area contributed by atoms with Crippen molar-refractivity contribution in [1.29, 1.82) is 0 Å². The van der Waals surface area contributed by atoms with Crippen molar-refractivity contribution in [2.75, 3.05) is 18.9 Å². The molecule has 0 spiro atoms. The fourth-order valence-corrected chi connectivity index (χ4v) is 2.90. The molecule has 0 unspecified atom stereocenters. The number of thiazole rings is 1. The van der Waals surface area contributed by atoms with Crippen LogP contribution in [0.5, 0.6) is 0 Å². The Balaban J connectivity index is 1.90. The Morgan fingerprint density at radius 2 is 2.00 bits per heavy atom. The summed E-state index contributed by atoms with van der Waals surface area (Å²) in [4.78, 5) is 15.4. The smallest absolute Gasteiger partial charge is 0.223 e. The second kappa shape index (κ2) is 7.90. The average Bonchev–Trinajstić information content (AvgIpc) is 2.90. The van der Waals surface area contributed by atoms with Gasteiger partial charge in [-0.1, -0.05) is 24.3 Å². The molecule has 0 saturated carbocycles. The lowest BCUT2D eigenvalue weighted by atomic mass is 10.0. The van der Waals surface area contributed by atoms with Crippen LogP contribution in [0.3, 0.4) is 0 Å². The molecule has 0 bridgehead atoms. The molecule has 0 saturated heterocycles. The van der Waals surface area contributed by atoms with Gasteiger partial charge in [0.2, 0.25) is 5.91 Å². The van der Waals surface area contributed by atoms with E-state index in [-0.39, 0.29) is 5.91 Å². The van der Waals surface area contributed by atoms with E-state index in [0.717, 1.165) is 31.5 Å². The molecule has 4 nitrogen and oxygen atoms in total. The molecule has 0 radical (unpaired) electrons. The zero-order chi connectivity index (χ0) is 15.1. The minimum atomic E-state index is -0.0758. The maximum Gasteiger partial charge on any atom is 0.223 e. The van der Waals surface area contributed by atoms with Gasteiger partial charge in [0.25, 0.3) is 0 Å². The van der Waals surface area contributed by atoms with Gasteiger partial charge in [-0.2, -0.15) is 0 Å². The number of likely N-dealkylation sites (N-methyl/N-ethyl adjacent to an activating group) is 1. The molecule has 112 valence electrons. The van der Waals surface area contributed by atoms with Gasteiger partial charge in [0.05, 0.1) is 5.69 Å². The minimum Gasteiger partial charge on any atom is -0.319 e. The minimum absolute atomic E-state index is 0.0758. The SMILES string of the molecule is CNCCc1cccc(CCc2csc(NC(C)=O)n2)c1. The van der Waals surface area contributed by atoms with Gasteiger partial charge in [0.15, 0.2) is 5.13 Å². The highest BCUT2D eigenvalue weighted by molar-refractivity contribution is 7.13. The van der Waals surface area contributed by atoms with Crippen LogP contribution in [-0.4, -0.2) is 24.5 Å². The summed E-state index contributed by atoms with van der Waals surface area (Å²) in [5.74, 6) is -0.0758. The molecule has 0 aliphatic carbocycles. The number of nitrogens with one attached hydrogen (secondary N) is 2.